The molecule has 1 unspecified atom stereocenters. The van der Waals surface area contributed by atoms with Crippen LogP contribution in [-0.4, -0.2) is 37.0 Å². The van der Waals surface area contributed by atoms with Crippen LogP contribution in [0, 0.1) is 6.92 Å². The van der Waals surface area contributed by atoms with E-state index in [-0.39, 0.29) is 11.9 Å². The van der Waals surface area contributed by atoms with Gasteiger partial charge < -0.3 is 15.4 Å². The predicted molar refractivity (Wildman–Crippen MR) is 93.5 cm³/mol. The number of carbonyl (C=O) groups is 1. The number of amides is 1. The van der Waals surface area contributed by atoms with E-state index in [1.807, 2.05) is 23.9 Å². The first-order valence-electron chi connectivity index (χ1n) is 7.87. The lowest BCUT2D eigenvalue weighted by molar-refractivity contribution is -0.117. The summed E-state index contributed by atoms with van der Waals surface area (Å²) in [4.78, 5) is 12.2. The summed E-state index contributed by atoms with van der Waals surface area (Å²) in [5.41, 5.74) is 3.37. The van der Waals surface area contributed by atoms with E-state index in [4.69, 9.17) is 4.74 Å². The number of ether oxygens (including phenoxy) is 1. The van der Waals surface area contributed by atoms with Gasteiger partial charge in [0.2, 0.25) is 5.91 Å². The quantitative estimate of drug-likeness (QED) is 0.845. The van der Waals surface area contributed by atoms with E-state index >= 15 is 0 Å². The zero-order valence-corrected chi connectivity index (χ0v) is 14.5. The molecular weight excluding hydrogens is 296 g/mol. The average molecular weight is 322 g/mol. The summed E-state index contributed by atoms with van der Waals surface area (Å²) in [6.45, 7) is 8.63. The van der Waals surface area contributed by atoms with Crippen LogP contribution in [0.1, 0.15) is 31.4 Å². The molecule has 1 aliphatic heterocycles. The Morgan fingerprint density at radius 2 is 2.32 bits per heavy atom. The molecule has 1 heterocycles. The first kappa shape index (κ1) is 17.3. The monoisotopic (exact) mass is 322 g/mol. The zero-order valence-electron chi connectivity index (χ0n) is 13.6. The molecule has 0 aromatic heterocycles. The van der Waals surface area contributed by atoms with Crippen LogP contribution in [0.3, 0.4) is 0 Å². The van der Waals surface area contributed by atoms with Crippen LogP contribution in [0.4, 0.5) is 5.69 Å². The predicted octanol–water partition coefficient (Wildman–Crippen LogP) is 2.95. The number of hydrogen-bond donors (Lipinski definition) is 2. The van der Waals surface area contributed by atoms with Crippen LogP contribution in [0.15, 0.2) is 18.2 Å². The summed E-state index contributed by atoms with van der Waals surface area (Å²) in [7, 11) is 0. The van der Waals surface area contributed by atoms with Gasteiger partial charge in [-0.3, -0.25) is 4.79 Å². The molecule has 0 bridgehead atoms. The summed E-state index contributed by atoms with van der Waals surface area (Å²) in [6, 6.07) is 6.24. The van der Waals surface area contributed by atoms with E-state index in [0.717, 1.165) is 30.2 Å². The molecule has 1 aromatic carbocycles. The summed E-state index contributed by atoms with van der Waals surface area (Å²) in [5.74, 6) is 1.02. The molecule has 1 aromatic rings. The molecule has 0 spiro atoms. The molecular formula is C17H26N2O2S. The lowest BCUT2D eigenvalue weighted by Gasteiger charge is -2.23. The van der Waals surface area contributed by atoms with Crippen LogP contribution in [-0.2, 0) is 15.3 Å². The minimum atomic E-state index is 0.0414. The fourth-order valence-corrected chi connectivity index (χ4v) is 3.23. The molecule has 4 nitrogen and oxygen atoms in total. The highest BCUT2D eigenvalue weighted by atomic mass is 32.2. The van der Waals surface area contributed by atoms with Gasteiger partial charge in [0.15, 0.2) is 0 Å². The summed E-state index contributed by atoms with van der Waals surface area (Å²) >= 11 is 1.92. The summed E-state index contributed by atoms with van der Waals surface area (Å²) in [5, 5.41) is 6.95. The Balaban J connectivity index is 1.93. The molecule has 0 radical (unpaired) electrons. The van der Waals surface area contributed by atoms with Crippen LogP contribution in [0.5, 0.6) is 0 Å². The van der Waals surface area contributed by atoms with Crippen molar-refractivity contribution in [3.8, 4) is 0 Å². The molecule has 0 aliphatic carbocycles. The van der Waals surface area contributed by atoms with E-state index in [2.05, 4.69) is 37.5 Å². The first-order valence-corrected chi connectivity index (χ1v) is 8.92. The highest BCUT2D eigenvalue weighted by Gasteiger charge is 2.17. The number of rotatable bonds is 6. The van der Waals surface area contributed by atoms with E-state index < -0.39 is 0 Å². The second-order valence-corrected chi connectivity index (χ2v) is 7.49. The fraction of sp³-hybridized carbons (Fsp3) is 0.588. The van der Waals surface area contributed by atoms with Gasteiger partial charge in [0.1, 0.15) is 0 Å². The van der Waals surface area contributed by atoms with Gasteiger partial charge in [-0.05, 0) is 29.4 Å². The Kier molecular flexibility index (Phi) is 6.73. The largest absolute Gasteiger partial charge is 0.378 e. The number of benzene rings is 1. The molecule has 1 atom stereocenters. The number of hydrogen-bond acceptors (Lipinski definition) is 4. The number of thioether (sulfide) groups is 1. The molecule has 2 rings (SSSR count). The Morgan fingerprint density at radius 3 is 3.00 bits per heavy atom. The normalized spacial score (nSPS) is 18.5. The molecule has 0 saturated carbocycles. The molecule has 1 amide bonds. The summed E-state index contributed by atoms with van der Waals surface area (Å²) < 4.78 is 5.39. The van der Waals surface area contributed by atoms with Gasteiger partial charge in [0, 0.05) is 30.4 Å². The molecule has 1 fully saturated rings. The van der Waals surface area contributed by atoms with Gasteiger partial charge in [-0.1, -0.05) is 26.0 Å². The maximum Gasteiger partial charge on any atom is 0.226 e. The Hall–Kier alpha value is -1.04. The minimum Gasteiger partial charge on any atom is -0.378 e. The lowest BCUT2D eigenvalue weighted by Crippen LogP contribution is -2.43. The van der Waals surface area contributed by atoms with Gasteiger partial charge in [-0.2, -0.15) is 11.8 Å². The molecule has 22 heavy (non-hydrogen) atoms. The standard InChI is InChI=1S/C17H26N2O2S/c1-12(2)22-11-14-5-4-6-16(13(14)3)19-17(20)9-15-10-21-8-7-18-15/h4-6,12,15,18H,7-11H2,1-3H3,(H,19,20). The van der Waals surface area contributed by atoms with Crippen LogP contribution in [0.2, 0.25) is 0 Å². The van der Waals surface area contributed by atoms with Crippen molar-refractivity contribution in [2.45, 2.75) is 44.2 Å². The zero-order chi connectivity index (χ0) is 15.9. The SMILES string of the molecule is Cc1c(CSC(C)C)cccc1NC(=O)CC1COCCN1. The topological polar surface area (TPSA) is 50.4 Å². The van der Waals surface area contributed by atoms with Crippen LogP contribution >= 0.6 is 11.8 Å². The number of nitrogens with one attached hydrogen (secondary N) is 2. The molecule has 2 N–H and O–H groups in total. The van der Waals surface area contributed by atoms with Gasteiger partial charge in [-0.25, -0.2) is 0 Å². The smallest absolute Gasteiger partial charge is 0.226 e. The fourth-order valence-electron chi connectivity index (χ4n) is 2.41. The van der Waals surface area contributed by atoms with E-state index in [9.17, 15) is 4.79 Å². The second kappa shape index (κ2) is 8.56. The molecule has 1 aliphatic rings. The minimum absolute atomic E-state index is 0.0414. The highest BCUT2D eigenvalue weighted by Crippen LogP contribution is 2.25. The number of carbonyl (C=O) groups excluding carboxylic acids is 1. The van der Waals surface area contributed by atoms with Crippen molar-refractivity contribution in [1.29, 1.82) is 0 Å². The van der Waals surface area contributed by atoms with Crippen molar-refractivity contribution in [3.05, 3.63) is 29.3 Å². The van der Waals surface area contributed by atoms with Crippen molar-refractivity contribution in [3.63, 3.8) is 0 Å². The van der Waals surface area contributed by atoms with Crippen molar-refractivity contribution in [1.82, 2.24) is 5.32 Å². The molecule has 5 heteroatoms. The molecule has 122 valence electrons. The maximum absolute atomic E-state index is 12.2. The second-order valence-electron chi connectivity index (χ2n) is 5.93. The third-order valence-electron chi connectivity index (χ3n) is 3.72. The van der Waals surface area contributed by atoms with Crippen molar-refractivity contribution in [2.24, 2.45) is 0 Å². The Bertz CT molecular complexity index is 499. The van der Waals surface area contributed by atoms with Crippen LogP contribution < -0.4 is 10.6 Å². The maximum atomic E-state index is 12.2. The van der Waals surface area contributed by atoms with Crippen molar-refractivity contribution in [2.75, 3.05) is 25.1 Å². The van der Waals surface area contributed by atoms with Crippen LogP contribution in [0.25, 0.3) is 0 Å². The van der Waals surface area contributed by atoms with E-state index in [1.165, 1.54) is 5.56 Å². The highest BCUT2D eigenvalue weighted by molar-refractivity contribution is 7.99. The number of morpholine rings is 1. The Labute approximate surface area is 137 Å². The molecule has 1 saturated heterocycles. The third kappa shape index (κ3) is 5.30. The van der Waals surface area contributed by atoms with Gasteiger partial charge in [-0.15, -0.1) is 0 Å². The first-order chi connectivity index (χ1) is 10.6. The van der Waals surface area contributed by atoms with Crippen molar-refractivity contribution >= 4 is 23.4 Å². The Morgan fingerprint density at radius 1 is 1.50 bits per heavy atom. The summed E-state index contributed by atoms with van der Waals surface area (Å²) in [6.07, 6.45) is 0.449. The lowest BCUT2D eigenvalue weighted by atomic mass is 10.1. The average Bonchev–Trinajstić information content (AvgIpc) is 2.49. The third-order valence-corrected chi connectivity index (χ3v) is 4.87. The van der Waals surface area contributed by atoms with Gasteiger partial charge in [0.05, 0.1) is 13.2 Å². The van der Waals surface area contributed by atoms with Gasteiger partial charge in [0.25, 0.3) is 0 Å². The number of anilines is 1. The van der Waals surface area contributed by atoms with Crippen molar-refractivity contribution < 1.29 is 9.53 Å². The van der Waals surface area contributed by atoms with Gasteiger partial charge >= 0.3 is 0 Å². The van der Waals surface area contributed by atoms with E-state index in [0.29, 0.717) is 18.3 Å². The van der Waals surface area contributed by atoms with E-state index in [1.54, 1.807) is 0 Å².